The van der Waals surface area contributed by atoms with Crippen LogP contribution < -0.4 is 9.74 Å². The summed E-state index contributed by atoms with van der Waals surface area (Å²) in [5.74, 6) is 1.72. The molecule has 172 valence electrons. The Morgan fingerprint density at radius 1 is 1.00 bits per heavy atom. The quantitative estimate of drug-likeness (QED) is 0.272. The average molecular weight is 476 g/mol. The van der Waals surface area contributed by atoms with E-state index in [9.17, 15) is 0 Å². The average Bonchev–Trinajstić information content (AvgIpc) is 3.19. The van der Waals surface area contributed by atoms with Crippen molar-refractivity contribution in [2.45, 2.75) is 58.7 Å². The van der Waals surface area contributed by atoms with Crippen molar-refractivity contribution in [3.05, 3.63) is 66.5 Å². The fourth-order valence-corrected chi connectivity index (χ4v) is 5.52. The van der Waals surface area contributed by atoms with Gasteiger partial charge in [0.1, 0.15) is 12.1 Å². The molecule has 2 aromatic carbocycles. The van der Waals surface area contributed by atoms with Crippen molar-refractivity contribution < 1.29 is 4.43 Å². The molecule has 6 heteroatoms. The van der Waals surface area contributed by atoms with Gasteiger partial charge < -0.3 is 9.74 Å². The largest absolute Gasteiger partial charge is 0.543 e. The number of anilines is 2. The molecular formula is C27H33N3OSSi. The number of fused-ring (bicyclic) bond motifs is 1. The van der Waals surface area contributed by atoms with Gasteiger partial charge >= 0.3 is 0 Å². The Kier molecular flexibility index (Phi) is 6.59. The van der Waals surface area contributed by atoms with Gasteiger partial charge in [-0.2, -0.15) is 0 Å². The summed E-state index contributed by atoms with van der Waals surface area (Å²) in [5.41, 5.74) is 4.52. The summed E-state index contributed by atoms with van der Waals surface area (Å²) < 4.78 is 7.55. The Hall–Kier alpha value is -2.70. The van der Waals surface area contributed by atoms with Gasteiger partial charge in [0.2, 0.25) is 8.32 Å². The lowest BCUT2D eigenvalue weighted by Gasteiger charge is -2.36. The molecular weight excluding hydrogens is 442 g/mol. The van der Waals surface area contributed by atoms with E-state index in [-0.39, 0.29) is 5.04 Å². The topological polar surface area (TPSA) is 47.0 Å². The minimum atomic E-state index is -1.90. The third-order valence-electron chi connectivity index (χ3n) is 6.36. The van der Waals surface area contributed by atoms with Crippen molar-refractivity contribution in [3.63, 3.8) is 0 Å². The summed E-state index contributed by atoms with van der Waals surface area (Å²) in [6, 6.07) is 19.2. The first-order valence-electron chi connectivity index (χ1n) is 11.6. The maximum atomic E-state index is 6.49. The zero-order valence-electron chi connectivity index (χ0n) is 20.4. The fraction of sp³-hybridized carbons (Fsp3) is 0.333. The molecule has 4 nitrogen and oxygen atoms in total. The van der Waals surface area contributed by atoms with Crippen LogP contribution in [0.3, 0.4) is 0 Å². The highest BCUT2D eigenvalue weighted by Crippen LogP contribution is 2.39. The lowest BCUT2D eigenvalue weighted by Crippen LogP contribution is -2.43. The summed E-state index contributed by atoms with van der Waals surface area (Å²) in [6.07, 6.45) is 3.90. The molecule has 1 N–H and O–H groups in total. The van der Waals surface area contributed by atoms with Gasteiger partial charge in [-0.05, 0) is 53.9 Å². The molecule has 0 unspecified atom stereocenters. The number of aryl methyl sites for hydroxylation is 1. The summed E-state index contributed by atoms with van der Waals surface area (Å²) in [4.78, 5) is 10.3. The Balaban J connectivity index is 1.60. The highest BCUT2D eigenvalue weighted by molar-refractivity contribution is 7.22. The first kappa shape index (κ1) is 23.5. The van der Waals surface area contributed by atoms with Crippen molar-refractivity contribution in [2.24, 2.45) is 0 Å². The van der Waals surface area contributed by atoms with Crippen LogP contribution in [-0.2, 0) is 6.42 Å². The maximum Gasteiger partial charge on any atom is 0.250 e. The molecule has 2 heterocycles. The smallest absolute Gasteiger partial charge is 0.250 e. The van der Waals surface area contributed by atoms with Gasteiger partial charge in [0, 0.05) is 16.6 Å². The van der Waals surface area contributed by atoms with E-state index in [1.165, 1.54) is 16.0 Å². The SMILES string of the molecule is CCCc1ccc(-c2cc3ncnc(Nc4cccc(O[Si](C)(C)C(C)(C)C)c4)c3s2)cc1. The molecule has 0 saturated carbocycles. The second-order valence-electron chi connectivity index (χ2n) is 10.0. The van der Waals surface area contributed by atoms with Crippen LogP contribution in [-0.4, -0.2) is 18.3 Å². The lowest BCUT2D eigenvalue weighted by molar-refractivity contribution is 0.492. The van der Waals surface area contributed by atoms with Crippen molar-refractivity contribution in [3.8, 4) is 16.2 Å². The zero-order valence-corrected chi connectivity index (χ0v) is 22.2. The fourth-order valence-electron chi connectivity index (χ4n) is 3.43. The van der Waals surface area contributed by atoms with E-state index in [0.29, 0.717) is 0 Å². The second kappa shape index (κ2) is 9.27. The van der Waals surface area contributed by atoms with Crippen molar-refractivity contribution in [1.82, 2.24) is 9.97 Å². The third-order valence-corrected chi connectivity index (χ3v) is 11.9. The second-order valence-corrected chi connectivity index (χ2v) is 15.8. The first-order valence-corrected chi connectivity index (χ1v) is 15.3. The van der Waals surface area contributed by atoms with E-state index in [0.717, 1.165) is 40.3 Å². The maximum absolute atomic E-state index is 6.49. The molecule has 0 saturated heterocycles. The van der Waals surface area contributed by atoms with E-state index in [4.69, 9.17) is 4.43 Å². The van der Waals surface area contributed by atoms with Crippen LogP contribution in [0.4, 0.5) is 11.5 Å². The summed E-state index contributed by atoms with van der Waals surface area (Å²) in [7, 11) is -1.90. The van der Waals surface area contributed by atoms with Gasteiger partial charge in [-0.1, -0.05) is 64.4 Å². The predicted molar refractivity (Wildman–Crippen MR) is 144 cm³/mol. The summed E-state index contributed by atoms with van der Waals surface area (Å²) in [6.45, 7) is 13.5. The summed E-state index contributed by atoms with van der Waals surface area (Å²) in [5, 5.41) is 3.65. The molecule has 0 atom stereocenters. The molecule has 0 aliphatic carbocycles. The molecule has 0 radical (unpaired) electrons. The van der Waals surface area contributed by atoms with E-state index in [2.05, 4.69) is 92.5 Å². The minimum Gasteiger partial charge on any atom is -0.543 e. The Morgan fingerprint density at radius 2 is 1.76 bits per heavy atom. The molecule has 33 heavy (non-hydrogen) atoms. The number of hydrogen-bond acceptors (Lipinski definition) is 5. The molecule has 2 aromatic heterocycles. The van der Waals surface area contributed by atoms with Gasteiger partial charge in [-0.3, -0.25) is 0 Å². The molecule has 0 amide bonds. The number of nitrogens with one attached hydrogen (secondary N) is 1. The highest BCUT2D eigenvalue weighted by Gasteiger charge is 2.38. The van der Waals surface area contributed by atoms with Crippen LogP contribution >= 0.6 is 11.3 Å². The van der Waals surface area contributed by atoms with Crippen molar-refractivity contribution in [1.29, 1.82) is 0 Å². The van der Waals surface area contributed by atoms with Crippen molar-refractivity contribution >= 4 is 41.4 Å². The number of thiophene rings is 1. The number of nitrogens with zero attached hydrogens (tertiary/aromatic N) is 2. The van der Waals surface area contributed by atoms with Gasteiger partial charge in [-0.25, -0.2) is 9.97 Å². The van der Waals surface area contributed by atoms with E-state index in [1.807, 2.05) is 18.2 Å². The van der Waals surface area contributed by atoms with E-state index in [1.54, 1.807) is 17.7 Å². The molecule has 0 aliphatic rings. The molecule has 0 spiro atoms. The Labute approximate surface area is 202 Å². The molecule has 0 fully saturated rings. The van der Waals surface area contributed by atoms with Crippen molar-refractivity contribution in [2.75, 3.05) is 5.32 Å². The number of benzene rings is 2. The predicted octanol–water partition coefficient (Wildman–Crippen LogP) is 8.44. The molecule has 4 aromatic rings. The molecule has 0 aliphatic heterocycles. The van der Waals surface area contributed by atoms with Gasteiger partial charge in [0.05, 0.1) is 10.2 Å². The molecule has 0 bridgehead atoms. The molecule has 4 rings (SSSR count). The number of hydrogen-bond donors (Lipinski definition) is 1. The highest BCUT2D eigenvalue weighted by atomic mass is 32.1. The van der Waals surface area contributed by atoms with Crippen LogP contribution in [0.15, 0.2) is 60.9 Å². The standard InChI is InChI=1S/C27H33N3OSSi/c1-7-9-19-12-14-20(15-13-19)24-17-23-25(32-24)26(29-18-28-23)30-21-10-8-11-22(16-21)31-33(5,6)27(2,3)4/h8,10-18H,7,9H2,1-6H3,(H,28,29,30). The first-order chi connectivity index (χ1) is 15.7. The van der Waals surface area contributed by atoms with E-state index < -0.39 is 8.32 Å². The van der Waals surface area contributed by atoms with Crippen LogP contribution in [0.2, 0.25) is 18.1 Å². The Bertz CT molecular complexity index is 1240. The number of aromatic nitrogens is 2. The lowest BCUT2D eigenvalue weighted by atomic mass is 10.1. The normalized spacial score (nSPS) is 12.2. The Morgan fingerprint density at radius 3 is 2.45 bits per heavy atom. The third kappa shape index (κ3) is 5.28. The van der Waals surface area contributed by atoms with Crippen LogP contribution in [0.25, 0.3) is 20.7 Å². The van der Waals surface area contributed by atoms with E-state index >= 15 is 0 Å². The van der Waals surface area contributed by atoms with Gasteiger partial charge in [-0.15, -0.1) is 11.3 Å². The zero-order chi connectivity index (χ0) is 23.6. The van der Waals surface area contributed by atoms with Crippen LogP contribution in [0.1, 0.15) is 39.7 Å². The van der Waals surface area contributed by atoms with Crippen LogP contribution in [0, 0.1) is 0 Å². The minimum absolute atomic E-state index is 0.150. The number of rotatable bonds is 7. The van der Waals surface area contributed by atoms with Crippen LogP contribution in [0.5, 0.6) is 5.75 Å². The summed E-state index contributed by atoms with van der Waals surface area (Å²) >= 11 is 1.72. The monoisotopic (exact) mass is 475 g/mol. The van der Waals surface area contributed by atoms with Gasteiger partial charge in [0.25, 0.3) is 0 Å². The van der Waals surface area contributed by atoms with Gasteiger partial charge in [0.15, 0.2) is 5.82 Å².